The van der Waals surface area contributed by atoms with Gasteiger partial charge in [0.25, 0.3) is 11.7 Å². The Morgan fingerprint density at radius 3 is 2.44 bits per heavy atom. The molecule has 0 bridgehead atoms. The van der Waals surface area contributed by atoms with Crippen molar-refractivity contribution in [1.29, 1.82) is 0 Å². The Balaban J connectivity index is 1.87. The highest BCUT2D eigenvalue weighted by Crippen LogP contribution is 2.43. The lowest BCUT2D eigenvalue weighted by Gasteiger charge is -2.30. The molecule has 1 saturated carbocycles. The third kappa shape index (κ3) is 3.12. The zero-order chi connectivity index (χ0) is 19.0. The number of hydrogen-bond acceptors (Lipinski definition) is 4. The van der Waals surface area contributed by atoms with E-state index in [1.165, 1.54) is 0 Å². The van der Waals surface area contributed by atoms with Gasteiger partial charge in [0.2, 0.25) is 0 Å². The van der Waals surface area contributed by atoms with Crippen molar-refractivity contribution in [2.24, 2.45) is 0 Å². The van der Waals surface area contributed by atoms with Crippen molar-refractivity contribution in [2.45, 2.75) is 37.8 Å². The summed E-state index contributed by atoms with van der Waals surface area (Å²) in [6, 6.07) is 9.54. The molecule has 138 valence electrons. The highest BCUT2D eigenvalue weighted by molar-refractivity contribution is 6.46. The molecule has 27 heavy (non-hydrogen) atoms. The van der Waals surface area contributed by atoms with Crippen LogP contribution in [0.3, 0.4) is 0 Å². The molecular formula is C21H19ClN2O3. The number of nitrogens with zero attached hydrogens (tertiary/aromatic N) is 2. The van der Waals surface area contributed by atoms with E-state index in [1.54, 1.807) is 47.6 Å². The van der Waals surface area contributed by atoms with Crippen LogP contribution in [0.4, 0.5) is 0 Å². The van der Waals surface area contributed by atoms with Gasteiger partial charge in [0.1, 0.15) is 5.76 Å². The Bertz CT molecular complexity index is 903. The van der Waals surface area contributed by atoms with E-state index >= 15 is 0 Å². The molecule has 0 spiro atoms. The van der Waals surface area contributed by atoms with Gasteiger partial charge in [0.15, 0.2) is 0 Å². The number of rotatable bonds is 3. The molecule has 1 atom stereocenters. The Labute approximate surface area is 162 Å². The number of aliphatic hydroxyl groups excluding tert-OH is 1. The summed E-state index contributed by atoms with van der Waals surface area (Å²) in [4.78, 5) is 31.5. The fourth-order valence-corrected chi connectivity index (χ4v) is 4.16. The molecule has 1 saturated heterocycles. The number of aromatic nitrogens is 1. The zero-order valence-electron chi connectivity index (χ0n) is 14.6. The Morgan fingerprint density at radius 1 is 1.11 bits per heavy atom. The van der Waals surface area contributed by atoms with E-state index in [1.807, 2.05) is 6.07 Å². The standard InChI is InChI=1S/C21H19ClN2O3/c22-15-9-7-13(8-10-15)19(25)17-18(14-4-3-11-23-12-14)24(21(27)20(17)26)16-5-1-2-6-16/h3-4,7-12,16,18,25H,1-2,5-6H2/b19-17-. The predicted octanol–water partition coefficient (Wildman–Crippen LogP) is 4.10. The summed E-state index contributed by atoms with van der Waals surface area (Å²) in [5.41, 5.74) is 1.29. The number of hydrogen-bond donors (Lipinski definition) is 1. The monoisotopic (exact) mass is 382 g/mol. The van der Waals surface area contributed by atoms with Crippen molar-refractivity contribution in [3.63, 3.8) is 0 Å². The van der Waals surface area contributed by atoms with E-state index in [-0.39, 0.29) is 17.4 Å². The number of halogens is 1. The fraction of sp³-hybridized carbons (Fsp3) is 0.286. The van der Waals surface area contributed by atoms with Gasteiger partial charge in [-0.15, -0.1) is 0 Å². The number of carbonyl (C=O) groups excluding carboxylic acids is 2. The Hall–Kier alpha value is -2.66. The summed E-state index contributed by atoms with van der Waals surface area (Å²) >= 11 is 5.93. The first-order valence-electron chi connectivity index (χ1n) is 9.04. The summed E-state index contributed by atoms with van der Waals surface area (Å²) < 4.78 is 0. The molecule has 1 aliphatic heterocycles. The van der Waals surface area contributed by atoms with Crippen LogP contribution in [0.5, 0.6) is 0 Å². The largest absolute Gasteiger partial charge is 0.507 e. The molecule has 6 heteroatoms. The molecular weight excluding hydrogens is 364 g/mol. The van der Waals surface area contributed by atoms with E-state index in [0.29, 0.717) is 10.6 Å². The molecule has 2 fully saturated rings. The van der Waals surface area contributed by atoms with Crippen LogP contribution in [-0.4, -0.2) is 32.7 Å². The lowest BCUT2D eigenvalue weighted by atomic mass is 9.95. The Kier molecular flexibility index (Phi) is 4.70. The van der Waals surface area contributed by atoms with Crippen LogP contribution in [0.2, 0.25) is 5.02 Å². The summed E-state index contributed by atoms with van der Waals surface area (Å²) in [5, 5.41) is 11.4. The number of aliphatic hydroxyl groups is 1. The zero-order valence-corrected chi connectivity index (χ0v) is 15.4. The molecule has 2 aliphatic rings. The van der Waals surface area contributed by atoms with Crippen molar-refractivity contribution in [1.82, 2.24) is 9.88 Å². The van der Waals surface area contributed by atoms with Gasteiger partial charge in [-0.3, -0.25) is 14.6 Å². The van der Waals surface area contributed by atoms with Crippen LogP contribution >= 0.6 is 11.6 Å². The average molecular weight is 383 g/mol. The van der Waals surface area contributed by atoms with Crippen LogP contribution in [-0.2, 0) is 9.59 Å². The molecule has 2 aromatic rings. The molecule has 1 aromatic heterocycles. The van der Waals surface area contributed by atoms with E-state index in [2.05, 4.69) is 4.98 Å². The normalized spacial score (nSPS) is 22.6. The van der Waals surface area contributed by atoms with Gasteiger partial charge in [0, 0.05) is 29.0 Å². The molecule has 1 N–H and O–H groups in total. The van der Waals surface area contributed by atoms with Crippen molar-refractivity contribution < 1.29 is 14.7 Å². The van der Waals surface area contributed by atoms with Gasteiger partial charge < -0.3 is 10.0 Å². The quantitative estimate of drug-likeness (QED) is 0.493. The maximum atomic E-state index is 12.9. The molecule has 1 unspecified atom stereocenters. The third-order valence-corrected chi connectivity index (χ3v) is 5.57. The van der Waals surface area contributed by atoms with Gasteiger partial charge in [-0.05, 0) is 48.7 Å². The van der Waals surface area contributed by atoms with E-state index in [9.17, 15) is 14.7 Å². The number of Topliss-reactive ketones (excluding diaryl/α,β-unsaturated/α-hetero) is 1. The maximum Gasteiger partial charge on any atom is 0.295 e. The molecule has 4 rings (SSSR count). The number of benzene rings is 1. The predicted molar refractivity (Wildman–Crippen MR) is 102 cm³/mol. The minimum Gasteiger partial charge on any atom is -0.507 e. The molecule has 0 radical (unpaired) electrons. The summed E-state index contributed by atoms with van der Waals surface area (Å²) in [6.07, 6.45) is 7.09. The first kappa shape index (κ1) is 17.7. The second-order valence-electron chi connectivity index (χ2n) is 6.94. The number of likely N-dealkylation sites (tertiary alicyclic amines) is 1. The van der Waals surface area contributed by atoms with Crippen molar-refractivity contribution in [3.8, 4) is 0 Å². The number of amides is 1. The molecule has 1 aliphatic carbocycles. The van der Waals surface area contributed by atoms with E-state index in [0.717, 1.165) is 31.2 Å². The van der Waals surface area contributed by atoms with Crippen LogP contribution in [0.1, 0.15) is 42.9 Å². The topological polar surface area (TPSA) is 70.5 Å². The van der Waals surface area contributed by atoms with Gasteiger partial charge >= 0.3 is 0 Å². The molecule has 5 nitrogen and oxygen atoms in total. The SMILES string of the molecule is O=C1C(=O)N(C2CCCC2)C(c2cccnc2)/C1=C(/O)c1ccc(Cl)cc1. The lowest BCUT2D eigenvalue weighted by Crippen LogP contribution is -2.37. The maximum absolute atomic E-state index is 12.9. The Morgan fingerprint density at radius 2 is 1.81 bits per heavy atom. The summed E-state index contributed by atoms with van der Waals surface area (Å²) in [5.74, 6) is -1.38. The smallest absolute Gasteiger partial charge is 0.295 e. The number of carbonyl (C=O) groups is 2. The summed E-state index contributed by atoms with van der Waals surface area (Å²) in [7, 11) is 0. The minimum atomic E-state index is -0.650. The third-order valence-electron chi connectivity index (χ3n) is 5.32. The van der Waals surface area contributed by atoms with Crippen molar-refractivity contribution in [2.75, 3.05) is 0 Å². The van der Waals surface area contributed by atoms with E-state index < -0.39 is 17.7 Å². The van der Waals surface area contributed by atoms with Crippen LogP contribution < -0.4 is 0 Å². The van der Waals surface area contributed by atoms with Gasteiger partial charge in [-0.25, -0.2) is 0 Å². The van der Waals surface area contributed by atoms with E-state index in [4.69, 9.17) is 11.6 Å². The lowest BCUT2D eigenvalue weighted by molar-refractivity contribution is -0.141. The van der Waals surface area contributed by atoms with Crippen LogP contribution in [0.25, 0.3) is 5.76 Å². The first-order valence-corrected chi connectivity index (χ1v) is 9.41. The van der Waals surface area contributed by atoms with Crippen LogP contribution in [0.15, 0.2) is 54.4 Å². The average Bonchev–Trinajstić information content (AvgIpc) is 3.30. The fourth-order valence-electron chi connectivity index (χ4n) is 4.04. The van der Waals surface area contributed by atoms with Gasteiger partial charge in [-0.2, -0.15) is 0 Å². The van der Waals surface area contributed by atoms with Crippen molar-refractivity contribution >= 4 is 29.1 Å². The molecule has 1 aromatic carbocycles. The minimum absolute atomic E-state index is 0.00201. The second-order valence-corrected chi connectivity index (χ2v) is 7.37. The van der Waals surface area contributed by atoms with Gasteiger partial charge in [0.05, 0.1) is 11.6 Å². The highest BCUT2D eigenvalue weighted by Gasteiger charge is 2.49. The molecule has 2 heterocycles. The second kappa shape index (κ2) is 7.16. The highest BCUT2D eigenvalue weighted by atomic mass is 35.5. The number of ketones is 1. The first-order chi connectivity index (χ1) is 13.1. The van der Waals surface area contributed by atoms with Gasteiger partial charge in [-0.1, -0.05) is 30.5 Å². The van der Waals surface area contributed by atoms with Crippen LogP contribution in [0, 0.1) is 0 Å². The number of pyridine rings is 1. The molecule has 1 amide bonds. The van der Waals surface area contributed by atoms with Crippen molar-refractivity contribution in [3.05, 3.63) is 70.5 Å². The summed E-state index contributed by atoms with van der Waals surface area (Å²) in [6.45, 7) is 0.